The summed E-state index contributed by atoms with van der Waals surface area (Å²) in [5, 5.41) is 4.83. The Kier molecular flexibility index (Phi) is 6.39. The smallest absolute Gasteiger partial charge is 0.266 e. The van der Waals surface area contributed by atoms with Crippen molar-refractivity contribution in [2.24, 2.45) is 5.10 Å². The fraction of sp³-hybridized carbons (Fsp3) is 0.0435. The van der Waals surface area contributed by atoms with Crippen molar-refractivity contribution in [2.75, 3.05) is 5.75 Å². The number of thioether (sulfide) groups is 1. The van der Waals surface area contributed by atoms with E-state index < -0.39 is 0 Å². The first-order valence-electron chi connectivity index (χ1n) is 9.44. The minimum atomic E-state index is -0.310. The Balaban J connectivity index is 1.50. The number of hydrogen-bond donors (Lipinski definition) is 1. The third-order valence-corrected chi connectivity index (χ3v) is 5.18. The Labute approximate surface area is 182 Å². The summed E-state index contributed by atoms with van der Waals surface area (Å²) in [6.07, 6.45) is 6.41. The number of hydrogen-bond acceptors (Lipinski definition) is 6. The second kappa shape index (κ2) is 9.73. The van der Waals surface area contributed by atoms with E-state index in [9.17, 15) is 9.59 Å². The number of carbonyl (C=O) groups is 1. The predicted octanol–water partition coefficient (Wildman–Crippen LogP) is 3.89. The third-order valence-electron chi connectivity index (χ3n) is 4.25. The van der Waals surface area contributed by atoms with Gasteiger partial charge in [0.25, 0.3) is 11.5 Å². The highest BCUT2D eigenvalue weighted by molar-refractivity contribution is 7.99. The monoisotopic (exact) mass is 430 g/mol. The maximum atomic E-state index is 13.1. The summed E-state index contributed by atoms with van der Waals surface area (Å²) in [6.45, 7) is 0. The van der Waals surface area contributed by atoms with Crippen molar-refractivity contribution in [3.63, 3.8) is 0 Å². The van der Waals surface area contributed by atoms with Gasteiger partial charge in [-0.15, -0.1) is 0 Å². The van der Waals surface area contributed by atoms with Gasteiger partial charge in [-0.05, 0) is 48.6 Å². The van der Waals surface area contributed by atoms with E-state index in [4.69, 9.17) is 4.42 Å². The number of hydrazone groups is 1. The first-order valence-corrected chi connectivity index (χ1v) is 10.4. The third kappa shape index (κ3) is 4.99. The van der Waals surface area contributed by atoms with E-state index in [1.165, 1.54) is 22.5 Å². The molecule has 2 aromatic carbocycles. The van der Waals surface area contributed by atoms with E-state index in [1.54, 1.807) is 42.7 Å². The normalized spacial score (nSPS) is 11.5. The summed E-state index contributed by atoms with van der Waals surface area (Å²) < 4.78 is 6.69. The topological polar surface area (TPSA) is 89.5 Å². The van der Waals surface area contributed by atoms with Crippen LogP contribution in [0.3, 0.4) is 0 Å². The molecule has 1 amide bonds. The van der Waals surface area contributed by atoms with E-state index >= 15 is 0 Å². The minimum absolute atomic E-state index is 0.0524. The maximum absolute atomic E-state index is 13.1. The Bertz CT molecular complexity index is 1300. The molecule has 0 spiro atoms. The molecule has 2 heterocycles. The molecule has 8 heteroatoms. The van der Waals surface area contributed by atoms with Gasteiger partial charge < -0.3 is 4.42 Å². The zero-order valence-electron chi connectivity index (χ0n) is 16.3. The molecule has 0 radical (unpaired) electrons. The quantitative estimate of drug-likeness (QED) is 0.208. The summed E-state index contributed by atoms with van der Waals surface area (Å²) >= 11 is 1.17. The molecular weight excluding hydrogens is 412 g/mol. The molecule has 4 rings (SSSR count). The zero-order valence-corrected chi connectivity index (χ0v) is 17.2. The van der Waals surface area contributed by atoms with Gasteiger partial charge >= 0.3 is 0 Å². The number of allylic oxidation sites excluding steroid dienone is 1. The van der Waals surface area contributed by atoms with Crippen LogP contribution in [0.4, 0.5) is 0 Å². The highest BCUT2D eigenvalue weighted by atomic mass is 32.2. The van der Waals surface area contributed by atoms with Crippen LogP contribution in [0, 0.1) is 0 Å². The molecule has 0 atom stereocenters. The van der Waals surface area contributed by atoms with Crippen molar-refractivity contribution in [1.29, 1.82) is 0 Å². The van der Waals surface area contributed by atoms with Crippen LogP contribution in [0.1, 0.15) is 5.76 Å². The van der Waals surface area contributed by atoms with Crippen LogP contribution >= 0.6 is 11.8 Å². The fourth-order valence-corrected chi connectivity index (χ4v) is 3.66. The SMILES string of the molecule is O=C(CSc1nc2ccccc2c(=O)n1-c1ccccc1)N/N=C/C=C/c1ccco1. The number of amides is 1. The Hall–Kier alpha value is -3.91. The number of nitrogens with one attached hydrogen (secondary N) is 1. The van der Waals surface area contributed by atoms with Gasteiger partial charge in [0.1, 0.15) is 5.76 Å². The largest absolute Gasteiger partial charge is 0.465 e. The van der Waals surface area contributed by atoms with Gasteiger partial charge in [-0.2, -0.15) is 5.10 Å². The lowest BCUT2D eigenvalue weighted by Gasteiger charge is -2.12. The van der Waals surface area contributed by atoms with Crippen molar-refractivity contribution in [1.82, 2.24) is 15.0 Å². The Morgan fingerprint density at radius 2 is 1.90 bits per heavy atom. The van der Waals surface area contributed by atoms with Crippen molar-refractivity contribution in [3.8, 4) is 5.69 Å². The van der Waals surface area contributed by atoms with Crippen molar-refractivity contribution < 1.29 is 9.21 Å². The fourth-order valence-electron chi connectivity index (χ4n) is 2.85. The standard InChI is InChI=1S/C23H18N4O3S/c28-21(26-24-14-6-10-18-11-7-15-30-18)16-31-23-25-20-13-5-4-12-19(20)22(29)27(23)17-8-2-1-3-9-17/h1-15H,16H2,(H,26,28)/b10-6+,24-14+. The summed E-state index contributed by atoms with van der Waals surface area (Å²) in [5.41, 5.74) is 3.55. The number of benzene rings is 2. The predicted molar refractivity (Wildman–Crippen MR) is 122 cm³/mol. The maximum Gasteiger partial charge on any atom is 0.266 e. The van der Waals surface area contributed by atoms with Gasteiger partial charge in [0.05, 0.1) is 28.6 Å². The molecule has 0 unspecified atom stereocenters. The Morgan fingerprint density at radius 3 is 2.71 bits per heavy atom. The lowest BCUT2D eigenvalue weighted by molar-refractivity contribution is -0.118. The first kappa shape index (κ1) is 20.4. The van der Waals surface area contributed by atoms with Crippen LogP contribution in [-0.2, 0) is 4.79 Å². The molecule has 31 heavy (non-hydrogen) atoms. The molecule has 0 saturated carbocycles. The zero-order chi connectivity index (χ0) is 21.5. The number of rotatable bonds is 7. The van der Waals surface area contributed by atoms with Gasteiger partial charge in [0.15, 0.2) is 5.16 Å². The molecule has 4 aromatic rings. The van der Waals surface area contributed by atoms with Gasteiger partial charge in [0, 0.05) is 6.21 Å². The number of para-hydroxylation sites is 2. The lowest BCUT2D eigenvalue weighted by Crippen LogP contribution is -2.24. The van der Waals surface area contributed by atoms with Crippen molar-refractivity contribution >= 4 is 40.9 Å². The molecule has 1 N–H and O–H groups in total. The number of aromatic nitrogens is 2. The second-order valence-electron chi connectivity index (χ2n) is 6.36. The highest BCUT2D eigenvalue weighted by Gasteiger charge is 2.14. The lowest BCUT2D eigenvalue weighted by atomic mass is 10.2. The van der Waals surface area contributed by atoms with E-state index in [-0.39, 0.29) is 17.2 Å². The Morgan fingerprint density at radius 1 is 1.10 bits per heavy atom. The van der Waals surface area contributed by atoms with E-state index in [0.29, 0.717) is 27.5 Å². The molecule has 7 nitrogen and oxygen atoms in total. The highest BCUT2D eigenvalue weighted by Crippen LogP contribution is 2.21. The molecule has 2 aromatic heterocycles. The molecule has 0 aliphatic rings. The molecule has 0 fully saturated rings. The van der Waals surface area contributed by atoms with Crippen LogP contribution in [0.15, 0.2) is 98.5 Å². The van der Waals surface area contributed by atoms with Crippen LogP contribution in [0.5, 0.6) is 0 Å². The number of fused-ring (bicyclic) bond motifs is 1. The molecule has 0 saturated heterocycles. The van der Waals surface area contributed by atoms with Crippen LogP contribution in [0.2, 0.25) is 0 Å². The van der Waals surface area contributed by atoms with Crippen molar-refractivity contribution in [3.05, 3.63) is 95.2 Å². The molecule has 154 valence electrons. The molecule has 0 bridgehead atoms. The second-order valence-corrected chi connectivity index (χ2v) is 7.31. The van der Waals surface area contributed by atoms with Gasteiger partial charge in [0.2, 0.25) is 0 Å². The van der Waals surface area contributed by atoms with Crippen LogP contribution in [0.25, 0.3) is 22.7 Å². The summed E-state index contributed by atoms with van der Waals surface area (Å²) in [4.78, 5) is 29.9. The minimum Gasteiger partial charge on any atom is -0.465 e. The van der Waals surface area contributed by atoms with E-state index in [2.05, 4.69) is 15.5 Å². The average molecular weight is 430 g/mol. The number of nitrogens with zero attached hydrogens (tertiary/aromatic N) is 3. The van der Waals surface area contributed by atoms with Gasteiger partial charge in [-0.1, -0.05) is 42.1 Å². The number of furan rings is 1. The van der Waals surface area contributed by atoms with Crippen molar-refractivity contribution in [2.45, 2.75) is 5.16 Å². The molecular formula is C23H18N4O3S. The van der Waals surface area contributed by atoms with E-state index in [0.717, 1.165) is 0 Å². The number of carbonyl (C=O) groups excluding carboxylic acids is 1. The van der Waals surface area contributed by atoms with Crippen LogP contribution < -0.4 is 11.0 Å². The van der Waals surface area contributed by atoms with Crippen LogP contribution in [-0.4, -0.2) is 27.4 Å². The average Bonchev–Trinajstić information content (AvgIpc) is 3.32. The van der Waals surface area contributed by atoms with Gasteiger partial charge in [-0.25, -0.2) is 10.4 Å². The van der Waals surface area contributed by atoms with Gasteiger partial charge in [-0.3, -0.25) is 14.2 Å². The summed E-state index contributed by atoms with van der Waals surface area (Å²) in [5.74, 6) is 0.431. The summed E-state index contributed by atoms with van der Waals surface area (Å²) in [6, 6.07) is 20.0. The molecule has 0 aliphatic carbocycles. The molecule has 0 aliphatic heterocycles. The van der Waals surface area contributed by atoms with E-state index in [1.807, 2.05) is 42.5 Å². The summed E-state index contributed by atoms with van der Waals surface area (Å²) in [7, 11) is 0. The first-order chi connectivity index (χ1) is 15.2.